The van der Waals surface area contributed by atoms with Crippen molar-refractivity contribution < 1.29 is 9.53 Å². The van der Waals surface area contributed by atoms with Gasteiger partial charge in [-0.15, -0.1) is 0 Å². The fraction of sp³-hybridized carbons (Fsp3) is 0.667. The van der Waals surface area contributed by atoms with Crippen LogP contribution < -0.4 is 10.2 Å². The van der Waals surface area contributed by atoms with E-state index in [4.69, 9.17) is 4.74 Å². The maximum atomic E-state index is 12.6. The number of amides is 1. The lowest BCUT2D eigenvalue weighted by molar-refractivity contribution is 0.0936. The standard InChI is InChI=1S/C18H28N4O2/c1-15-5-2-3-9-21(15)10-8-20-18(23)16-6-4-7-19-17(16)22-11-13-24-14-12-22/h4,6-7,15H,2-3,5,8-14H2,1H3,(H,20,23)/t15-/m0/s1. The molecule has 0 aromatic carbocycles. The van der Waals surface area contributed by atoms with Crippen molar-refractivity contribution in [2.75, 3.05) is 50.8 Å². The largest absolute Gasteiger partial charge is 0.378 e. The first-order valence-electron chi connectivity index (χ1n) is 9.05. The molecule has 0 spiro atoms. The predicted octanol–water partition coefficient (Wildman–Crippen LogP) is 1.52. The van der Waals surface area contributed by atoms with E-state index < -0.39 is 0 Å². The molecule has 0 saturated carbocycles. The summed E-state index contributed by atoms with van der Waals surface area (Å²) in [7, 11) is 0. The van der Waals surface area contributed by atoms with Gasteiger partial charge < -0.3 is 15.0 Å². The fourth-order valence-corrected chi connectivity index (χ4v) is 3.50. The van der Waals surface area contributed by atoms with Crippen LogP contribution in [0.1, 0.15) is 36.5 Å². The van der Waals surface area contributed by atoms with Crippen LogP contribution in [0.25, 0.3) is 0 Å². The Morgan fingerprint density at radius 2 is 2.17 bits per heavy atom. The summed E-state index contributed by atoms with van der Waals surface area (Å²) < 4.78 is 5.39. The van der Waals surface area contributed by atoms with E-state index in [1.54, 1.807) is 6.20 Å². The summed E-state index contributed by atoms with van der Waals surface area (Å²) >= 11 is 0. The number of carbonyl (C=O) groups is 1. The Morgan fingerprint density at radius 3 is 2.96 bits per heavy atom. The molecule has 1 amide bonds. The minimum absolute atomic E-state index is 0.0331. The molecule has 6 heteroatoms. The van der Waals surface area contributed by atoms with E-state index in [2.05, 4.69) is 27.0 Å². The van der Waals surface area contributed by atoms with Gasteiger partial charge in [-0.3, -0.25) is 9.69 Å². The number of nitrogens with zero attached hydrogens (tertiary/aromatic N) is 3. The summed E-state index contributed by atoms with van der Waals surface area (Å²) in [6.07, 6.45) is 5.60. The number of pyridine rings is 1. The zero-order valence-electron chi connectivity index (χ0n) is 14.5. The molecule has 6 nitrogen and oxygen atoms in total. The molecule has 2 aliphatic heterocycles. The number of nitrogens with one attached hydrogen (secondary N) is 1. The highest BCUT2D eigenvalue weighted by molar-refractivity contribution is 5.98. The molecule has 24 heavy (non-hydrogen) atoms. The van der Waals surface area contributed by atoms with Gasteiger partial charge in [0.05, 0.1) is 18.8 Å². The predicted molar refractivity (Wildman–Crippen MR) is 94.5 cm³/mol. The van der Waals surface area contributed by atoms with E-state index >= 15 is 0 Å². The molecule has 1 N–H and O–H groups in total. The second-order valence-corrected chi connectivity index (χ2v) is 6.61. The average Bonchev–Trinajstić information content (AvgIpc) is 2.64. The minimum atomic E-state index is -0.0331. The molecule has 132 valence electrons. The van der Waals surface area contributed by atoms with E-state index in [0.29, 0.717) is 31.4 Å². The smallest absolute Gasteiger partial charge is 0.255 e. The molecule has 1 atom stereocenters. The molecule has 0 unspecified atom stereocenters. The summed E-state index contributed by atoms with van der Waals surface area (Å²) in [5.74, 6) is 0.735. The second-order valence-electron chi connectivity index (χ2n) is 6.61. The lowest BCUT2D eigenvalue weighted by Crippen LogP contribution is -2.43. The van der Waals surface area contributed by atoms with Crippen LogP contribution in [0, 0.1) is 0 Å². The zero-order chi connectivity index (χ0) is 16.8. The first kappa shape index (κ1) is 17.2. The summed E-state index contributed by atoms with van der Waals surface area (Å²) in [5, 5.41) is 3.07. The Bertz CT molecular complexity index is 546. The van der Waals surface area contributed by atoms with Gasteiger partial charge in [0.15, 0.2) is 0 Å². The van der Waals surface area contributed by atoms with Crippen molar-refractivity contribution in [3.05, 3.63) is 23.9 Å². The van der Waals surface area contributed by atoms with Crippen molar-refractivity contribution in [3.63, 3.8) is 0 Å². The molecule has 3 rings (SSSR count). The number of aromatic nitrogens is 1. The van der Waals surface area contributed by atoms with Crippen LogP contribution in [-0.2, 0) is 4.74 Å². The number of hydrogen-bond acceptors (Lipinski definition) is 5. The number of hydrogen-bond donors (Lipinski definition) is 1. The maximum Gasteiger partial charge on any atom is 0.255 e. The third-order valence-corrected chi connectivity index (χ3v) is 4.97. The molecule has 1 aromatic rings. The molecular formula is C18H28N4O2. The van der Waals surface area contributed by atoms with Crippen LogP contribution >= 0.6 is 0 Å². The zero-order valence-corrected chi connectivity index (χ0v) is 14.5. The van der Waals surface area contributed by atoms with Gasteiger partial charge in [-0.1, -0.05) is 6.42 Å². The molecule has 2 fully saturated rings. The van der Waals surface area contributed by atoms with Crippen molar-refractivity contribution in [2.45, 2.75) is 32.2 Å². The molecule has 0 aliphatic carbocycles. The highest BCUT2D eigenvalue weighted by Gasteiger charge is 2.21. The number of piperidine rings is 1. The van der Waals surface area contributed by atoms with Crippen molar-refractivity contribution in [1.29, 1.82) is 0 Å². The van der Waals surface area contributed by atoms with Crippen LogP contribution in [-0.4, -0.2) is 67.8 Å². The van der Waals surface area contributed by atoms with Gasteiger partial charge in [0, 0.05) is 38.4 Å². The number of rotatable bonds is 5. The van der Waals surface area contributed by atoms with Crippen molar-refractivity contribution in [3.8, 4) is 0 Å². The third kappa shape index (κ3) is 4.24. The van der Waals surface area contributed by atoms with E-state index in [-0.39, 0.29) is 5.91 Å². The molecule has 0 radical (unpaired) electrons. The van der Waals surface area contributed by atoms with E-state index in [1.165, 1.54) is 19.3 Å². The van der Waals surface area contributed by atoms with Gasteiger partial charge in [0.1, 0.15) is 5.82 Å². The van der Waals surface area contributed by atoms with E-state index in [1.807, 2.05) is 12.1 Å². The van der Waals surface area contributed by atoms with Crippen LogP contribution in [0.4, 0.5) is 5.82 Å². The SMILES string of the molecule is C[C@H]1CCCCN1CCNC(=O)c1cccnc1N1CCOCC1. The topological polar surface area (TPSA) is 57.7 Å². The minimum Gasteiger partial charge on any atom is -0.378 e. The average molecular weight is 332 g/mol. The highest BCUT2D eigenvalue weighted by atomic mass is 16.5. The molecule has 2 aliphatic rings. The Hall–Kier alpha value is -1.66. The van der Waals surface area contributed by atoms with Gasteiger partial charge in [0.25, 0.3) is 5.91 Å². The van der Waals surface area contributed by atoms with Crippen molar-refractivity contribution >= 4 is 11.7 Å². The molecule has 1 aromatic heterocycles. The van der Waals surface area contributed by atoms with Crippen molar-refractivity contribution in [2.24, 2.45) is 0 Å². The van der Waals surface area contributed by atoms with Gasteiger partial charge in [0.2, 0.25) is 0 Å². The number of anilines is 1. The monoisotopic (exact) mass is 332 g/mol. The van der Waals surface area contributed by atoms with Crippen molar-refractivity contribution in [1.82, 2.24) is 15.2 Å². The Balaban J connectivity index is 1.56. The van der Waals surface area contributed by atoms with Gasteiger partial charge in [-0.05, 0) is 38.4 Å². The highest BCUT2D eigenvalue weighted by Crippen LogP contribution is 2.18. The summed E-state index contributed by atoms with van der Waals surface area (Å²) in [6, 6.07) is 4.31. The molecule has 0 bridgehead atoms. The van der Waals surface area contributed by atoms with Gasteiger partial charge in [-0.25, -0.2) is 4.98 Å². The maximum absolute atomic E-state index is 12.6. The summed E-state index contributed by atoms with van der Waals surface area (Å²) in [5.41, 5.74) is 0.658. The van der Waals surface area contributed by atoms with Crippen LogP contribution in [0.3, 0.4) is 0 Å². The summed E-state index contributed by atoms with van der Waals surface area (Å²) in [6.45, 7) is 7.95. The molecular weight excluding hydrogens is 304 g/mol. The first-order valence-corrected chi connectivity index (χ1v) is 9.05. The molecule has 3 heterocycles. The fourth-order valence-electron chi connectivity index (χ4n) is 3.50. The van der Waals surface area contributed by atoms with Gasteiger partial charge in [-0.2, -0.15) is 0 Å². The van der Waals surface area contributed by atoms with Crippen LogP contribution in [0.5, 0.6) is 0 Å². The van der Waals surface area contributed by atoms with E-state index in [0.717, 1.165) is 32.0 Å². The van der Waals surface area contributed by atoms with E-state index in [9.17, 15) is 4.79 Å². The Morgan fingerprint density at radius 1 is 1.33 bits per heavy atom. The van der Waals surface area contributed by atoms with Gasteiger partial charge >= 0.3 is 0 Å². The Kier molecular flexibility index (Phi) is 6.04. The second kappa shape index (κ2) is 8.44. The number of carbonyl (C=O) groups excluding carboxylic acids is 1. The number of morpholine rings is 1. The Labute approximate surface area is 144 Å². The lowest BCUT2D eigenvalue weighted by atomic mass is 10.0. The van der Waals surface area contributed by atoms with Crippen LogP contribution in [0.15, 0.2) is 18.3 Å². The normalized spacial score (nSPS) is 22.4. The number of ether oxygens (including phenoxy) is 1. The number of likely N-dealkylation sites (tertiary alicyclic amines) is 1. The third-order valence-electron chi connectivity index (χ3n) is 4.97. The quantitative estimate of drug-likeness (QED) is 0.886. The van der Waals surface area contributed by atoms with Crippen LogP contribution in [0.2, 0.25) is 0 Å². The first-order chi connectivity index (χ1) is 11.8. The lowest BCUT2D eigenvalue weighted by Gasteiger charge is -2.33. The summed E-state index contributed by atoms with van der Waals surface area (Å²) in [4.78, 5) is 21.6. The molecule has 2 saturated heterocycles.